The normalized spacial score (nSPS) is 13.4. The lowest BCUT2D eigenvalue weighted by atomic mass is 10.2. The summed E-state index contributed by atoms with van der Waals surface area (Å²) in [5, 5.41) is 0. The van der Waals surface area contributed by atoms with Crippen molar-refractivity contribution in [3.05, 3.63) is 11.6 Å². The number of halogens is 6. The predicted molar refractivity (Wildman–Crippen MR) is 78.8 cm³/mol. The molecule has 10 heteroatoms. The summed E-state index contributed by atoms with van der Waals surface area (Å²) in [5.41, 5.74) is -5.16. The molecule has 0 aliphatic heterocycles. The van der Waals surface area contributed by atoms with Crippen molar-refractivity contribution >= 4 is 6.09 Å². The smallest absolute Gasteiger partial charge is 0.421 e. The summed E-state index contributed by atoms with van der Waals surface area (Å²) >= 11 is 0. The van der Waals surface area contributed by atoms with Crippen molar-refractivity contribution < 1.29 is 40.6 Å². The molecular formula is C15H23F6NO3. The van der Waals surface area contributed by atoms with Crippen LogP contribution in [-0.4, -0.2) is 47.8 Å². The van der Waals surface area contributed by atoms with Gasteiger partial charge >= 0.3 is 18.4 Å². The van der Waals surface area contributed by atoms with E-state index in [-0.39, 0.29) is 12.7 Å². The molecule has 0 aliphatic carbocycles. The lowest BCUT2D eigenvalue weighted by molar-refractivity contribution is -0.173. The molecule has 1 amide bonds. The Kier molecular flexibility index (Phi) is 7.38. The number of carbonyl (C=O) groups is 1. The molecule has 0 fully saturated rings. The van der Waals surface area contributed by atoms with Crippen LogP contribution in [0.2, 0.25) is 0 Å². The fraction of sp³-hybridized carbons (Fsp3) is 0.800. The molecule has 25 heavy (non-hydrogen) atoms. The number of hydrogen-bond acceptors (Lipinski definition) is 3. The van der Waals surface area contributed by atoms with Gasteiger partial charge in [0.05, 0.1) is 0 Å². The minimum atomic E-state index is -5.60. The molecule has 0 saturated heterocycles. The van der Waals surface area contributed by atoms with Gasteiger partial charge in [-0.25, -0.2) is 4.79 Å². The topological polar surface area (TPSA) is 38.8 Å². The van der Waals surface area contributed by atoms with Gasteiger partial charge in [-0.05, 0) is 47.6 Å². The second-order valence-corrected chi connectivity index (χ2v) is 6.58. The number of amides is 1. The van der Waals surface area contributed by atoms with Gasteiger partial charge in [0.25, 0.3) is 0 Å². The molecule has 0 aliphatic rings. The second kappa shape index (κ2) is 7.84. The van der Waals surface area contributed by atoms with Crippen LogP contribution < -0.4 is 0 Å². The highest BCUT2D eigenvalue weighted by Gasteiger charge is 2.51. The third-order valence-corrected chi connectivity index (χ3v) is 2.85. The highest BCUT2D eigenvalue weighted by atomic mass is 19.4. The van der Waals surface area contributed by atoms with Crippen molar-refractivity contribution in [1.82, 2.24) is 4.90 Å². The highest BCUT2D eigenvalue weighted by molar-refractivity contribution is 5.69. The van der Waals surface area contributed by atoms with E-state index in [0.29, 0.717) is 4.90 Å². The van der Waals surface area contributed by atoms with Gasteiger partial charge in [-0.2, -0.15) is 26.3 Å². The molecule has 0 rings (SSSR count). The summed E-state index contributed by atoms with van der Waals surface area (Å²) in [6.07, 6.45) is -12.4. The molecule has 4 nitrogen and oxygen atoms in total. The van der Waals surface area contributed by atoms with Crippen LogP contribution in [0.15, 0.2) is 11.6 Å². The molecule has 148 valence electrons. The lowest BCUT2D eigenvalue weighted by Gasteiger charge is -2.38. The third-order valence-electron chi connectivity index (χ3n) is 2.85. The monoisotopic (exact) mass is 379 g/mol. The minimum absolute atomic E-state index is 0.0847. The first-order chi connectivity index (χ1) is 10.9. The van der Waals surface area contributed by atoms with E-state index in [4.69, 9.17) is 9.47 Å². The number of allylic oxidation sites excluding steroid dienone is 1. The third kappa shape index (κ3) is 7.98. The Morgan fingerprint density at radius 1 is 0.960 bits per heavy atom. The minimum Gasteiger partial charge on any atom is -0.444 e. The largest absolute Gasteiger partial charge is 0.444 e. The SMILES string of the molecule is CCOC(C)(C)N(CC=C(C(F)(F)F)C(F)(F)F)C(=O)OC(C)(C)C. The van der Waals surface area contributed by atoms with Gasteiger partial charge in [-0.1, -0.05) is 0 Å². The summed E-state index contributed by atoms with van der Waals surface area (Å²) in [6, 6.07) is 0. The van der Waals surface area contributed by atoms with E-state index >= 15 is 0 Å². The molecule has 0 aromatic rings. The first kappa shape index (κ1) is 23.5. The number of alkyl halides is 6. The molecule has 0 unspecified atom stereocenters. The fourth-order valence-electron chi connectivity index (χ4n) is 1.84. The lowest BCUT2D eigenvalue weighted by Crippen LogP contribution is -2.51. The summed E-state index contributed by atoms with van der Waals surface area (Å²) in [7, 11) is 0. The molecule has 0 radical (unpaired) electrons. The molecule has 0 bridgehead atoms. The standard InChI is InChI=1S/C15H23F6NO3/c1-7-24-13(5,6)22(11(23)25-12(2,3)4)9-8-10(14(16,17)18)15(19,20)21/h8H,7,9H2,1-6H3. The van der Waals surface area contributed by atoms with Crippen LogP contribution in [0.1, 0.15) is 41.5 Å². The number of carbonyl (C=O) groups excluding carboxylic acids is 1. The maximum absolute atomic E-state index is 12.6. The van der Waals surface area contributed by atoms with E-state index in [0.717, 1.165) is 0 Å². The van der Waals surface area contributed by atoms with Crippen LogP contribution in [-0.2, 0) is 9.47 Å². The Bertz CT molecular complexity index is 473. The van der Waals surface area contributed by atoms with Crippen LogP contribution in [0.3, 0.4) is 0 Å². The molecule has 0 heterocycles. The Morgan fingerprint density at radius 3 is 1.72 bits per heavy atom. The average Bonchev–Trinajstić information content (AvgIpc) is 2.28. The zero-order valence-corrected chi connectivity index (χ0v) is 14.9. The van der Waals surface area contributed by atoms with E-state index in [9.17, 15) is 31.1 Å². The zero-order valence-electron chi connectivity index (χ0n) is 14.9. The first-order valence-electron chi connectivity index (χ1n) is 7.41. The van der Waals surface area contributed by atoms with Crippen molar-refractivity contribution in [2.24, 2.45) is 0 Å². The molecule has 0 N–H and O–H groups in total. The molecule has 0 spiro atoms. The summed E-state index contributed by atoms with van der Waals surface area (Å²) in [5.74, 6) is 0. The maximum atomic E-state index is 12.6. The number of ether oxygens (including phenoxy) is 2. The maximum Gasteiger partial charge on any atom is 0.421 e. The van der Waals surface area contributed by atoms with Crippen LogP contribution in [0.5, 0.6) is 0 Å². The molecule has 0 aromatic carbocycles. The summed E-state index contributed by atoms with van der Waals surface area (Å²) < 4.78 is 86.1. The van der Waals surface area contributed by atoms with Crippen molar-refractivity contribution in [2.75, 3.05) is 13.2 Å². The van der Waals surface area contributed by atoms with E-state index in [1.165, 1.54) is 34.6 Å². The Labute approximate surface area is 142 Å². The first-order valence-corrected chi connectivity index (χ1v) is 7.41. The van der Waals surface area contributed by atoms with Crippen LogP contribution in [0.4, 0.5) is 31.1 Å². The van der Waals surface area contributed by atoms with Gasteiger partial charge in [-0.3, -0.25) is 4.90 Å². The van der Waals surface area contributed by atoms with Crippen molar-refractivity contribution in [3.8, 4) is 0 Å². The average molecular weight is 379 g/mol. The van der Waals surface area contributed by atoms with Crippen LogP contribution in [0, 0.1) is 0 Å². The number of rotatable bonds is 5. The molecule has 0 saturated carbocycles. The molecule has 0 aromatic heterocycles. The highest BCUT2D eigenvalue weighted by Crippen LogP contribution is 2.38. The van der Waals surface area contributed by atoms with Gasteiger partial charge in [0.2, 0.25) is 0 Å². The van der Waals surface area contributed by atoms with Crippen LogP contribution in [0.25, 0.3) is 0 Å². The zero-order chi connectivity index (χ0) is 20.3. The fourth-order valence-corrected chi connectivity index (χ4v) is 1.84. The van der Waals surface area contributed by atoms with E-state index in [1.54, 1.807) is 6.92 Å². The number of hydrogen-bond donors (Lipinski definition) is 0. The second-order valence-electron chi connectivity index (χ2n) is 6.58. The van der Waals surface area contributed by atoms with Gasteiger partial charge in [0.1, 0.15) is 16.9 Å². The predicted octanol–water partition coefficient (Wildman–Crippen LogP) is 5.05. The Balaban J connectivity index is 5.78. The molecule has 0 atom stereocenters. The number of nitrogens with zero attached hydrogens (tertiary/aromatic N) is 1. The molecular weight excluding hydrogens is 356 g/mol. The van der Waals surface area contributed by atoms with Crippen molar-refractivity contribution in [2.45, 2.75) is 65.2 Å². The van der Waals surface area contributed by atoms with Gasteiger partial charge < -0.3 is 9.47 Å². The Morgan fingerprint density at radius 2 is 1.40 bits per heavy atom. The van der Waals surface area contributed by atoms with E-state index < -0.39 is 41.9 Å². The van der Waals surface area contributed by atoms with E-state index in [1.807, 2.05) is 0 Å². The van der Waals surface area contributed by atoms with Gasteiger partial charge in [0, 0.05) is 13.2 Å². The van der Waals surface area contributed by atoms with Crippen molar-refractivity contribution in [1.29, 1.82) is 0 Å². The quantitative estimate of drug-likeness (QED) is 0.381. The van der Waals surface area contributed by atoms with Gasteiger partial charge in [0.15, 0.2) is 0 Å². The van der Waals surface area contributed by atoms with E-state index in [2.05, 4.69) is 0 Å². The summed E-state index contributed by atoms with van der Waals surface area (Å²) in [4.78, 5) is 12.9. The van der Waals surface area contributed by atoms with Crippen LogP contribution >= 0.6 is 0 Å². The van der Waals surface area contributed by atoms with Crippen molar-refractivity contribution in [3.63, 3.8) is 0 Å². The van der Waals surface area contributed by atoms with Gasteiger partial charge in [-0.15, -0.1) is 0 Å². The Hall–Kier alpha value is -1.45. The summed E-state index contributed by atoms with van der Waals surface area (Å²) in [6.45, 7) is 7.90.